The Hall–Kier alpha value is -4.37. The van der Waals surface area contributed by atoms with Crippen LogP contribution in [0.5, 0.6) is 5.75 Å². The topological polar surface area (TPSA) is 103 Å². The molecule has 1 fully saturated rings. The second-order valence-corrected chi connectivity index (χ2v) is 11.2. The summed E-state index contributed by atoms with van der Waals surface area (Å²) in [5, 5.41) is 8.34. The van der Waals surface area contributed by atoms with E-state index in [0.29, 0.717) is 27.7 Å². The third kappa shape index (κ3) is 7.17. The molecule has 0 spiro atoms. The lowest BCUT2D eigenvalue weighted by Crippen LogP contribution is -2.40. The van der Waals surface area contributed by atoms with E-state index in [4.69, 9.17) is 26.5 Å². The van der Waals surface area contributed by atoms with Gasteiger partial charge >= 0.3 is 5.97 Å². The van der Waals surface area contributed by atoms with Crippen LogP contribution in [0.3, 0.4) is 0 Å². The van der Waals surface area contributed by atoms with E-state index in [1.807, 2.05) is 24.3 Å². The molecule has 1 N–H and O–H groups in total. The van der Waals surface area contributed by atoms with Crippen LogP contribution >= 0.6 is 11.6 Å². The van der Waals surface area contributed by atoms with Crippen LogP contribution in [0.4, 0.5) is 5.69 Å². The van der Waals surface area contributed by atoms with Crippen molar-refractivity contribution in [1.82, 2.24) is 9.80 Å². The number of nitrogens with zero attached hydrogens (tertiary/aromatic N) is 3. The van der Waals surface area contributed by atoms with Crippen LogP contribution in [0.15, 0.2) is 66.7 Å². The van der Waals surface area contributed by atoms with Gasteiger partial charge in [-0.2, -0.15) is 0 Å². The van der Waals surface area contributed by atoms with Crippen LogP contribution in [-0.4, -0.2) is 65.8 Å². The maximum absolute atomic E-state index is 13.7. The van der Waals surface area contributed by atoms with Gasteiger partial charge in [-0.05, 0) is 73.5 Å². The number of rotatable bonds is 7. The minimum absolute atomic E-state index is 0.0889. The number of piperidine rings is 1. The summed E-state index contributed by atoms with van der Waals surface area (Å²) in [5.74, 6) is 0.310. The molecular formula is C33H35ClN4O5. The molecule has 9 nitrogen and oxygen atoms in total. The molecule has 3 aromatic carbocycles. The molecule has 2 amide bonds. The van der Waals surface area contributed by atoms with E-state index in [2.05, 4.69) is 4.90 Å². The first-order valence-corrected chi connectivity index (χ1v) is 14.8. The van der Waals surface area contributed by atoms with Crippen molar-refractivity contribution in [3.8, 4) is 5.75 Å². The molecule has 0 bridgehead atoms. The maximum Gasteiger partial charge on any atom is 0.338 e. The van der Waals surface area contributed by atoms with E-state index >= 15 is 0 Å². The van der Waals surface area contributed by atoms with Gasteiger partial charge in [-0.1, -0.05) is 29.8 Å². The van der Waals surface area contributed by atoms with Crippen molar-refractivity contribution in [2.75, 3.05) is 31.1 Å². The number of carbonyl (C=O) groups excluding carboxylic acids is 3. The van der Waals surface area contributed by atoms with Gasteiger partial charge in [0.25, 0.3) is 5.91 Å². The Balaban J connectivity index is 1.37. The minimum Gasteiger partial charge on any atom is -0.490 e. The second kappa shape index (κ2) is 13.3. The number of esters is 1. The summed E-state index contributed by atoms with van der Waals surface area (Å²) < 4.78 is 11.4. The van der Waals surface area contributed by atoms with Crippen molar-refractivity contribution in [2.45, 2.75) is 45.9 Å². The second-order valence-electron chi connectivity index (χ2n) is 10.7. The quantitative estimate of drug-likeness (QED) is 0.216. The zero-order valence-corrected chi connectivity index (χ0v) is 25.1. The van der Waals surface area contributed by atoms with Crippen LogP contribution in [0.2, 0.25) is 5.02 Å². The third-order valence-corrected chi connectivity index (χ3v) is 7.99. The molecule has 0 radical (unpaired) electrons. The molecule has 224 valence electrons. The highest BCUT2D eigenvalue weighted by Crippen LogP contribution is 2.30. The third-order valence-electron chi connectivity index (χ3n) is 7.74. The van der Waals surface area contributed by atoms with Gasteiger partial charge in [0.2, 0.25) is 5.91 Å². The number of nitrogens with one attached hydrogen (secondary N) is 1. The molecule has 0 saturated carbocycles. The number of halogens is 1. The van der Waals surface area contributed by atoms with Gasteiger partial charge in [0.1, 0.15) is 18.4 Å². The maximum atomic E-state index is 13.7. The smallest absolute Gasteiger partial charge is 0.338 e. The number of benzene rings is 3. The average molecular weight is 603 g/mol. The highest BCUT2D eigenvalue weighted by Gasteiger charge is 2.30. The van der Waals surface area contributed by atoms with Crippen molar-refractivity contribution < 1.29 is 23.9 Å². The molecule has 43 heavy (non-hydrogen) atoms. The summed E-state index contributed by atoms with van der Waals surface area (Å²) in [7, 11) is 0. The van der Waals surface area contributed by atoms with Gasteiger partial charge in [0, 0.05) is 48.7 Å². The van der Waals surface area contributed by atoms with Gasteiger partial charge in [-0.25, -0.2) is 4.79 Å². The number of hydrogen-bond acceptors (Lipinski definition) is 6. The van der Waals surface area contributed by atoms with Crippen LogP contribution in [0.1, 0.15) is 58.5 Å². The summed E-state index contributed by atoms with van der Waals surface area (Å²) in [6, 6.07) is 19.3. The molecule has 3 aromatic rings. The van der Waals surface area contributed by atoms with Crippen LogP contribution in [-0.2, 0) is 22.6 Å². The fourth-order valence-corrected chi connectivity index (χ4v) is 5.51. The number of carbonyl (C=O) groups is 3. The first-order valence-electron chi connectivity index (χ1n) is 14.4. The molecule has 0 aromatic heterocycles. The lowest BCUT2D eigenvalue weighted by molar-refractivity contribution is -0.119. The van der Waals surface area contributed by atoms with Gasteiger partial charge < -0.3 is 24.2 Å². The Labute approximate surface area is 256 Å². The predicted molar refractivity (Wildman–Crippen MR) is 165 cm³/mol. The Morgan fingerprint density at radius 1 is 0.930 bits per heavy atom. The first kappa shape index (κ1) is 30.1. The largest absolute Gasteiger partial charge is 0.490 e. The highest BCUT2D eigenvalue weighted by molar-refractivity contribution is 6.30. The van der Waals surface area contributed by atoms with Gasteiger partial charge in [-0.3, -0.25) is 15.0 Å². The molecule has 0 unspecified atom stereocenters. The van der Waals surface area contributed by atoms with Crippen molar-refractivity contribution in [1.29, 1.82) is 5.41 Å². The van der Waals surface area contributed by atoms with Crippen LogP contribution in [0, 0.1) is 5.41 Å². The van der Waals surface area contributed by atoms with E-state index in [1.165, 1.54) is 4.90 Å². The van der Waals surface area contributed by atoms with Gasteiger partial charge in [0.05, 0.1) is 24.6 Å². The summed E-state index contributed by atoms with van der Waals surface area (Å²) >= 11 is 6.01. The molecule has 5 rings (SSSR count). The fourth-order valence-electron chi connectivity index (χ4n) is 5.38. The number of ether oxygens (including phenoxy) is 2. The molecule has 2 heterocycles. The highest BCUT2D eigenvalue weighted by atomic mass is 35.5. The summed E-state index contributed by atoms with van der Waals surface area (Å²) in [6.07, 6.45) is 1.79. The molecule has 10 heteroatoms. The standard InChI is InChI=1S/C33H35ClN4O5/c1-3-42-33(41)25-6-7-26-20-37(32(40)24-8-10-27(34)11-9-24)21-31(39)38(30(26)18-25)19-23-4-12-28(13-5-23)43-29-14-16-36(17-15-29)22(2)35/h4-13,18,29,35H,3,14-17,19-21H2,1-2H3. The van der Waals surface area contributed by atoms with Gasteiger partial charge in [0.15, 0.2) is 0 Å². The zero-order chi connectivity index (χ0) is 30.5. The van der Waals surface area contributed by atoms with Crippen molar-refractivity contribution in [3.63, 3.8) is 0 Å². The average Bonchev–Trinajstić information content (AvgIpc) is 3.14. The summed E-state index contributed by atoms with van der Waals surface area (Å²) in [5.41, 5.74) is 2.96. The fraction of sp³-hybridized carbons (Fsp3) is 0.333. The van der Waals surface area contributed by atoms with E-state index in [1.54, 1.807) is 61.2 Å². The number of amidine groups is 1. The zero-order valence-electron chi connectivity index (χ0n) is 24.3. The predicted octanol–water partition coefficient (Wildman–Crippen LogP) is 5.55. The first-order chi connectivity index (χ1) is 20.7. The summed E-state index contributed by atoms with van der Waals surface area (Å²) in [4.78, 5) is 44.9. The van der Waals surface area contributed by atoms with E-state index in [9.17, 15) is 14.4 Å². The Morgan fingerprint density at radius 3 is 2.26 bits per heavy atom. The van der Waals surface area contributed by atoms with Crippen LogP contribution in [0.25, 0.3) is 0 Å². The van der Waals surface area contributed by atoms with Crippen LogP contribution < -0.4 is 9.64 Å². The van der Waals surface area contributed by atoms with Crippen molar-refractivity contribution >= 4 is 40.9 Å². The van der Waals surface area contributed by atoms with E-state index in [-0.39, 0.29) is 44.2 Å². The number of amides is 2. The number of fused-ring (bicyclic) bond motifs is 1. The number of anilines is 1. The SMILES string of the molecule is CCOC(=O)c1ccc2c(c1)N(Cc1ccc(OC3CCN(C(C)=N)CC3)cc1)C(=O)CN(C(=O)c1ccc(Cl)cc1)C2. The summed E-state index contributed by atoms with van der Waals surface area (Å²) in [6.45, 7) is 5.71. The Morgan fingerprint density at radius 2 is 1.60 bits per heavy atom. The molecule has 1 saturated heterocycles. The molecular weight excluding hydrogens is 568 g/mol. The lowest BCUT2D eigenvalue weighted by Gasteiger charge is -2.32. The monoisotopic (exact) mass is 602 g/mol. The Kier molecular flexibility index (Phi) is 9.31. The lowest BCUT2D eigenvalue weighted by atomic mass is 10.1. The van der Waals surface area contributed by atoms with E-state index < -0.39 is 5.97 Å². The molecule has 2 aliphatic rings. The van der Waals surface area contributed by atoms with Crippen molar-refractivity contribution in [2.24, 2.45) is 0 Å². The van der Waals surface area contributed by atoms with Gasteiger partial charge in [-0.15, -0.1) is 0 Å². The number of likely N-dealkylation sites (tertiary alicyclic amines) is 1. The van der Waals surface area contributed by atoms with E-state index in [0.717, 1.165) is 42.8 Å². The normalized spacial score (nSPS) is 15.5. The molecule has 2 aliphatic heterocycles. The Bertz CT molecular complexity index is 1500. The minimum atomic E-state index is -0.473. The molecule has 0 atom stereocenters. The number of hydrogen-bond donors (Lipinski definition) is 1. The molecule has 0 aliphatic carbocycles. The van der Waals surface area contributed by atoms with Crippen molar-refractivity contribution in [3.05, 3.63) is 94.0 Å².